The van der Waals surface area contributed by atoms with Crippen molar-refractivity contribution in [3.63, 3.8) is 0 Å². The number of rotatable bonds is 5. The molecule has 4 heteroatoms. The van der Waals surface area contributed by atoms with Crippen LogP contribution in [0, 0.1) is 5.92 Å². The molecule has 19 heavy (non-hydrogen) atoms. The van der Waals surface area contributed by atoms with E-state index >= 15 is 0 Å². The van der Waals surface area contributed by atoms with Gasteiger partial charge in [-0.05, 0) is 43.9 Å². The maximum Gasteiger partial charge on any atom is 0.303 e. The number of carbonyl (C=O) groups is 1. The van der Waals surface area contributed by atoms with Gasteiger partial charge in [-0.15, -0.1) is 0 Å². The topological polar surface area (TPSA) is 40.5 Å². The highest BCUT2D eigenvalue weighted by molar-refractivity contribution is 9.10. The van der Waals surface area contributed by atoms with Crippen LogP contribution in [0.5, 0.6) is 0 Å². The molecule has 0 saturated carbocycles. The van der Waals surface area contributed by atoms with Crippen molar-refractivity contribution in [3.8, 4) is 0 Å². The highest BCUT2D eigenvalue weighted by Gasteiger charge is 2.27. The summed E-state index contributed by atoms with van der Waals surface area (Å²) in [5.74, 6) is -0.154. The zero-order chi connectivity index (χ0) is 13.8. The van der Waals surface area contributed by atoms with Gasteiger partial charge in [-0.25, -0.2) is 0 Å². The molecule has 1 aromatic rings. The summed E-state index contributed by atoms with van der Waals surface area (Å²) >= 11 is 3.60. The lowest BCUT2D eigenvalue weighted by molar-refractivity contribution is -0.137. The van der Waals surface area contributed by atoms with Crippen molar-refractivity contribution in [3.05, 3.63) is 34.3 Å². The third kappa shape index (κ3) is 3.80. The molecule has 1 aromatic carbocycles. The third-order valence-corrected chi connectivity index (χ3v) is 4.71. The SMILES string of the molecule is CC(c1ccccc1Br)N1CCC(CCC(=O)O)C1. The van der Waals surface area contributed by atoms with Gasteiger partial charge >= 0.3 is 5.97 Å². The number of benzene rings is 1. The first-order valence-electron chi connectivity index (χ1n) is 6.78. The van der Waals surface area contributed by atoms with Crippen LogP contribution >= 0.6 is 15.9 Å². The van der Waals surface area contributed by atoms with Crippen LogP contribution in [0.1, 0.15) is 37.8 Å². The molecule has 104 valence electrons. The minimum atomic E-state index is -0.683. The number of carboxylic acid groups (broad SMARTS) is 1. The fourth-order valence-corrected chi connectivity index (χ4v) is 3.40. The molecule has 1 aliphatic rings. The largest absolute Gasteiger partial charge is 0.481 e. The Hall–Kier alpha value is -0.870. The normalized spacial score (nSPS) is 21.5. The summed E-state index contributed by atoms with van der Waals surface area (Å²) in [7, 11) is 0. The Morgan fingerprint density at radius 2 is 2.26 bits per heavy atom. The molecule has 1 fully saturated rings. The van der Waals surface area contributed by atoms with E-state index in [0.717, 1.165) is 30.4 Å². The monoisotopic (exact) mass is 325 g/mol. The van der Waals surface area contributed by atoms with Gasteiger partial charge in [0, 0.05) is 23.5 Å². The molecule has 2 rings (SSSR count). The van der Waals surface area contributed by atoms with Crippen LogP contribution in [0.4, 0.5) is 0 Å². The summed E-state index contributed by atoms with van der Waals surface area (Å²) in [5, 5.41) is 8.74. The van der Waals surface area contributed by atoms with Crippen LogP contribution in [-0.2, 0) is 4.79 Å². The van der Waals surface area contributed by atoms with E-state index in [1.165, 1.54) is 5.56 Å². The molecule has 1 aliphatic heterocycles. The molecule has 1 saturated heterocycles. The standard InChI is InChI=1S/C15H20BrNO2/c1-11(13-4-2-3-5-14(13)16)17-9-8-12(10-17)6-7-15(18)19/h2-5,11-12H,6-10H2,1H3,(H,18,19). The second-order valence-corrected chi connectivity index (χ2v) is 6.13. The molecular formula is C15H20BrNO2. The third-order valence-electron chi connectivity index (χ3n) is 3.99. The van der Waals surface area contributed by atoms with Gasteiger partial charge < -0.3 is 5.11 Å². The van der Waals surface area contributed by atoms with Crippen molar-refractivity contribution in [2.45, 2.75) is 32.2 Å². The van der Waals surface area contributed by atoms with Crippen molar-refractivity contribution in [2.75, 3.05) is 13.1 Å². The van der Waals surface area contributed by atoms with Gasteiger partial charge in [0.1, 0.15) is 0 Å². The summed E-state index contributed by atoms with van der Waals surface area (Å²) in [6.07, 6.45) is 2.21. The van der Waals surface area contributed by atoms with Crippen molar-refractivity contribution >= 4 is 21.9 Å². The lowest BCUT2D eigenvalue weighted by atomic mass is 10.0. The van der Waals surface area contributed by atoms with E-state index in [9.17, 15) is 4.79 Å². The van der Waals surface area contributed by atoms with Crippen LogP contribution in [0.2, 0.25) is 0 Å². The predicted octanol–water partition coefficient (Wildman–Crippen LogP) is 3.70. The second kappa shape index (κ2) is 6.53. The van der Waals surface area contributed by atoms with E-state index in [-0.39, 0.29) is 0 Å². The number of halogens is 1. The number of hydrogen-bond donors (Lipinski definition) is 1. The summed E-state index contributed by atoms with van der Waals surface area (Å²) in [6, 6.07) is 8.70. The molecule has 0 radical (unpaired) electrons. The Morgan fingerprint density at radius 1 is 1.53 bits per heavy atom. The van der Waals surface area contributed by atoms with E-state index in [2.05, 4.69) is 46.0 Å². The van der Waals surface area contributed by atoms with Crippen molar-refractivity contribution < 1.29 is 9.90 Å². The predicted molar refractivity (Wildman–Crippen MR) is 79.1 cm³/mol. The number of carboxylic acids is 1. The maximum absolute atomic E-state index is 10.6. The molecule has 1 N–H and O–H groups in total. The minimum absolute atomic E-state index is 0.294. The molecule has 0 spiro atoms. The Morgan fingerprint density at radius 3 is 2.95 bits per heavy atom. The Labute approximate surface area is 122 Å². The zero-order valence-electron chi connectivity index (χ0n) is 11.2. The summed E-state index contributed by atoms with van der Waals surface area (Å²) in [5.41, 5.74) is 1.31. The van der Waals surface area contributed by atoms with Gasteiger partial charge in [0.2, 0.25) is 0 Å². The summed E-state index contributed by atoms with van der Waals surface area (Å²) in [6.45, 7) is 4.29. The van der Waals surface area contributed by atoms with E-state index < -0.39 is 5.97 Å². The van der Waals surface area contributed by atoms with Crippen molar-refractivity contribution in [2.24, 2.45) is 5.92 Å². The molecule has 0 amide bonds. The van der Waals surface area contributed by atoms with E-state index in [0.29, 0.717) is 18.4 Å². The van der Waals surface area contributed by atoms with Crippen molar-refractivity contribution in [1.29, 1.82) is 0 Å². The second-order valence-electron chi connectivity index (χ2n) is 5.28. The summed E-state index contributed by atoms with van der Waals surface area (Å²) in [4.78, 5) is 13.1. The van der Waals surface area contributed by atoms with Gasteiger partial charge in [-0.1, -0.05) is 34.1 Å². The summed E-state index contributed by atoms with van der Waals surface area (Å²) < 4.78 is 1.15. The number of likely N-dealkylation sites (tertiary alicyclic amines) is 1. The molecule has 0 bridgehead atoms. The fraction of sp³-hybridized carbons (Fsp3) is 0.533. The van der Waals surface area contributed by atoms with Gasteiger partial charge in [0.05, 0.1) is 0 Å². The van der Waals surface area contributed by atoms with Crippen LogP contribution in [0.3, 0.4) is 0 Å². The van der Waals surface area contributed by atoms with Crippen molar-refractivity contribution in [1.82, 2.24) is 4.90 Å². The first-order chi connectivity index (χ1) is 9.08. The molecule has 2 atom stereocenters. The quantitative estimate of drug-likeness (QED) is 0.897. The van der Waals surface area contributed by atoms with Crippen LogP contribution in [0.25, 0.3) is 0 Å². The van der Waals surface area contributed by atoms with Gasteiger partial charge in [-0.3, -0.25) is 9.69 Å². The smallest absolute Gasteiger partial charge is 0.303 e. The molecule has 2 unspecified atom stereocenters. The first-order valence-corrected chi connectivity index (χ1v) is 7.57. The average Bonchev–Trinajstić information content (AvgIpc) is 2.85. The van der Waals surface area contributed by atoms with Gasteiger partial charge in [0.25, 0.3) is 0 Å². The zero-order valence-corrected chi connectivity index (χ0v) is 12.8. The average molecular weight is 326 g/mol. The van der Waals surface area contributed by atoms with Gasteiger partial charge in [-0.2, -0.15) is 0 Å². The van der Waals surface area contributed by atoms with Crippen LogP contribution in [-0.4, -0.2) is 29.1 Å². The maximum atomic E-state index is 10.6. The number of nitrogens with zero attached hydrogens (tertiary/aromatic N) is 1. The van der Waals surface area contributed by atoms with E-state index in [1.807, 2.05) is 6.07 Å². The Bertz CT molecular complexity index is 450. The molecular weight excluding hydrogens is 306 g/mol. The minimum Gasteiger partial charge on any atom is -0.481 e. The molecule has 0 aromatic heterocycles. The van der Waals surface area contributed by atoms with Crippen LogP contribution in [0.15, 0.2) is 28.7 Å². The highest BCUT2D eigenvalue weighted by Crippen LogP contribution is 2.32. The van der Waals surface area contributed by atoms with E-state index in [1.54, 1.807) is 0 Å². The van der Waals surface area contributed by atoms with E-state index in [4.69, 9.17) is 5.11 Å². The fourth-order valence-electron chi connectivity index (χ4n) is 2.79. The molecule has 3 nitrogen and oxygen atoms in total. The number of hydrogen-bond acceptors (Lipinski definition) is 2. The Balaban J connectivity index is 1.93. The van der Waals surface area contributed by atoms with Crippen LogP contribution < -0.4 is 0 Å². The molecule has 1 heterocycles. The lowest BCUT2D eigenvalue weighted by Gasteiger charge is -2.25. The molecule has 0 aliphatic carbocycles. The van der Waals surface area contributed by atoms with Gasteiger partial charge in [0.15, 0.2) is 0 Å². The Kier molecular flexibility index (Phi) is 4.99. The first kappa shape index (κ1) is 14.5. The highest BCUT2D eigenvalue weighted by atomic mass is 79.9. The number of aliphatic carboxylic acids is 1. The lowest BCUT2D eigenvalue weighted by Crippen LogP contribution is -2.24.